The Kier molecular flexibility index (Phi) is 9.72. The average Bonchev–Trinajstić information content (AvgIpc) is 3.91. The van der Waals surface area contributed by atoms with Gasteiger partial charge in [0.2, 0.25) is 5.91 Å². The number of methoxy groups -OCH3 is 1. The van der Waals surface area contributed by atoms with Gasteiger partial charge in [-0.05, 0) is 60.9 Å². The van der Waals surface area contributed by atoms with Crippen molar-refractivity contribution in [3.63, 3.8) is 0 Å². The lowest BCUT2D eigenvalue weighted by Gasteiger charge is -2.24. The fourth-order valence-corrected chi connectivity index (χ4v) is 5.29. The second kappa shape index (κ2) is 13.9. The van der Waals surface area contributed by atoms with Crippen molar-refractivity contribution >= 4 is 52.1 Å². The summed E-state index contributed by atoms with van der Waals surface area (Å²) in [7, 11) is 6.83. The smallest absolute Gasteiger partial charge is 0.273 e. The van der Waals surface area contributed by atoms with Crippen molar-refractivity contribution in [1.29, 1.82) is 0 Å². The summed E-state index contributed by atoms with van der Waals surface area (Å²) < 4.78 is 5.82. The van der Waals surface area contributed by atoms with E-state index in [-0.39, 0.29) is 29.2 Å². The van der Waals surface area contributed by atoms with Crippen LogP contribution in [0.4, 0.5) is 17.2 Å². The fraction of sp³-hybridized carbons (Fsp3) is 0.344. The predicted octanol–water partition coefficient (Wildman–Crippen LogP) is 3.69. The molecule has 0 atom stereocenters. The first-order valence-corrected chi connectivity index (χ1v) is 15.1. The SMILES string of the molecule is CNC(=O)c1nnc(NC(=O)C2CC2)cc1Nc1ccc(Cl)c(C2=CC=C(C(=O)N(C)CC3=CCCN(C)C=C3)NC2)c1OC. The number of amides is 3. The Bertz CT molecular complexity index is 1630. The number of carbonyl (C=O) groups is 3. The molecule has 1 fully saturated rings. The fourth-order valence-electron chi connectivity index (χ4n) is 5.02. The molecule has 1 aromatic carbocycles. The Balaban J connectivity index is 1.39. The van der Waals surface area contributed by atoms with E-state index >= 15 is 0 Å². The zero-order valence-corrected chi connectivity index (χ0v) is 26.5. The minimum Gasteiger partial charge on any atom is -0.494 e. The maximum Gasteiger partial charge on any atom is 0.273 e. The van der Waals surface area contributed by atoms with Crippen LogP contribution < -0.4 is 26.0 Å². The number of ether oxygens (including phenoxy) is 1. The second-order valence-electron chi connectivity index (χ2n) is 11.1. The number of likely N-dealkylation sites (N-methyl/N-ethyl adjacent to an activating group) is 1. The molecule has 5 rings (SSSR count). The zero-order chi connectivity index (χ0) is 32.1. The first-order valence-electron chi connectivity index (χ1n) is 14.7. The molecule has 2 aliphatic heterocycles. The van der Waals surface area contributed by atoms with Crippen LogP contribution in [-0.4, -0.2) is 85.6 Å². The van der Waals surface area contributed by atoms with Gasteiger partial charge in [0.15, 0.2) is 17.3 Å². The van der Waals surface area contributed by atoms with Crippen molar-refractivity contribution in [2.45, 2.75) is 19.3 Å². The number of hydrogen-bond acceptors (Lipinski definition) is 9. The Hall–Kier alpha value is -4.84. The van der Waals surface area contributed by atoms with E-state index in [0.717, 1.165) is 37.0 Å². The van der Waals surface area contributed by atoms with E-state index in [9.17, 15) is 14.4 Å². The third-order valence-corrected chi connectivity index (χ3v) is 8.00. The molecule has 3 aliphatic rings. The van der Waals surface area contributed by atoms with Gasteiger partial charge >= 0.3 is 0 Å². The summed E-state index contributed by atoms with van der Waals surface area (Å²) >= 11 is 6.70. The third-order valence-electron chi connectivity index (χ3n) is 7.69. The van der Waals surface area contributed by atoms with Crippen molar-refractivity contribution < 1.29 is 19.1 Å². The summed E-state index contributed by atoms with van der Waals surface area (Å²) in [5.41, 5.74) is 3.85. The summed E-state index contributed by atoms with van der Waals surface area (Å²) in [4.78, 5) is 42.0. The normalized spacial score (nSPS) is 15.9. The standard InChI is InChI=1S/C32H37ClN8O4/c1-34-31(43)28-25(16-26(38-39-28)37-30(42)20-7-8-20)36-23-12-10-22(33)27(29(23)45-4)21-9-11-24(35-17-21)32(44)41(3)18-19-6-5-14-40(2)15-13-19/h6,9-13,15-16,20,35H,5,7-8,14,17-18H2,1-4H3,(H,34,43)(H2,36,37,38,42). The van der Waals surface area contributed by atoms with Crippen molar-refractivity contribution in [3.8, 4) is 5.75 Å². The Morgan fingerprint density at radius 3 is 2.67 bits per heavy atom. The van der Waals surface area contributed by atoms with Crippen molar-refractivity contribution in [2.75, 3.05) is 58.5 Å². The minimum atomic E-state index is -0.455. The molecule has 4 N–H and O–H groups in total. The molecule has 1 aliphatic carbocycles. The number of aromatic nitrogens is 2. The third kappa shape index (κ3) is 7.46. The Morgan fingerprint density at radius 1 is 1.18 bits per heavy atom. The molecule has 0 radical (unpaired) electrons. The van der Waals surface area contributed by atoms with Gasteiger partial charge in [0.25, 0.3) is 11.8 Å². The minimum absolute atomic E-state index is 0.0262. The number of hydrogen-bond donors (Lipinski definition) is 4. The molecule has 236 valence electrons. The van der Waals surface area contributed by atoms with Crippen molar-refractivity contribution in [1.82, 2.24) is 30.6 Å². The lowest BCUT2D eigenvalue weighted by Crippen LogP contribution is -2.36. The van der Waals surface area contributed by atoms with E-state index in [1.165, 1.54) is 14.2 Å². The molecular weight excluding hydrogens is 596 g/mol. The van der Waals surface area contributed by atoms with Gasteiger partial charge in [0.05, 0.1) is 23.5 Å². The number of rotatable bonds is 10. The number of carbonyl (C=O) groups excluding carboxylic acids is 3. The average molecular weight is 633 g/mol. The van der Waals surface area contributed by atoms with Crippen LogP contribution in [0.5, 0.6) is 5.75 Å². The van der Waals surface area contributed by atoms with E-state index in [1.54, 1.807) is 36.2 Å². The van der Waals surface area contributed by atoms with Gasteiger partial charge in [-0.25, -0.2) is 0 Å². The van der Waals surface area contributed by atoms with Gasteiger partial charge in [-0.15, -0.1) is 10.2 Å². The molecule has 0 spiro atoms. The summed E-state index contributed by atoms with van der Waals surface area (Å²) in [6.07, 6.45) is 12.4. The Morgan fingerprint density at radius 2 is 1.98 bits per heavy atom. The highest BCUT2D eigenvalue weighted by molar-refractivity contribution is 6.33. The molecule has 0 unspecified atom stereocenters. The van der Waals surface area contributed by atoms with Crippen LogP contribution in [0.15, 0.2) is 60.0 Å². The highest BCUT2D eigenvalue weighted by atomic mass is 35.5. The van der Waals surface area contributed by atoms with Gasteiger partial charge in [-0.2, -0.15) is 0 Å². The topological polar surface area (TPSA) is 141 Å². The van der Waals surface area contributed by atoms with Gasteiger partial charge < -0.3 is 35.8 Å². The van der Waals surface area contributed by atoms with Crippen LogP contribution >= 0.6 is 11.6 Å². The van der Waals surface area contributed by atoms with E-state index in [1.807, 2.05) is 25.4 Å². The second-order valence-corrected chi connectivity index (χ2v) is 11.5. The summed E-state index contributed by atoms with van der Waals surface area (Å²) in [6.45, 7) is 1.77. The predicted molar refractivity (Wildman–Crippen MR) is 174 cm³/mol. The first kappa shape index (κ1) is 31.6. The number of nitrogens with zero attached hydrogens (tertiary/aromatic N) is 4. The van der Waals surface area contributed by atoms with Crippen LogP contribution in [-0.2, 0) is 9.59 Å². The largest absolute Gasteiger partial charge is 0.494 e. The molecular formula is C32H37ClN8O4. The van der Waals surface area contributed by atoms with Crippen LogP contribution in [0, 0.1) is 5.92 Å². The molecule has 1 aromatic heterocycles. The number of allylic oxidation sites excluding steroid dienone is 2. The summed E-state index contributed by atoms with van der Waals surface area (Å²) in [5, 5.41) is 20.3. The highest BCUT2D eigenvalue weighted by Crippen LogP contribution is 2.41. The number of benzene rings is 1. The van der Waals surface area contributed by atoms with E-state index in [4.69, 9.17) is 16.3 Å². The van der Waals surface area contributed by atoms with Crippen LogP contribution in [0.2, 0.25) is 5.02 Å². The molecule has 2 aromatic rings. The molecule has 12 nitrogen and oxygen atoms in total. The molecule has 3 heterocycles. The van der Waals surface area contributed by atoms with Gasteiger partial charge in [-0.1, -0.05) is 23.8 Å². The maximum absolute atomic E-state index is 13.2. The van der Waals surface area contributed by atoms with Crippen LogP contribution in [0.25, 0.3) is 5.57 Å². The van der Waals surface area contributed by atoms with Gasteiger partial charge in [0.1, 0.15) is 5.70 Å². The highest BCUT2D eigenvalue weighted by Gasteiger charge is 2.30. The molecule has 13 heteroatoms. The first-order chi connectivity index (χ1) is 21.7. The lowest BCUT2D eigenvalue weighted by atomic mass is 10.00. The van der Waals surface area contributed by atoms with Crippen molar-refractivity contribution in [2.24, 2.45) is 5.92 Å². The number of nitrogens with one attached hydrogen (secondary N) is 4. The number of halogens is 1. The summed E-state index contributed by atoms with van der Waals surface area (Å²) in [5.74, 6) is -0.0851. The molecule has 45 heavy (non-hydrogen) atoms. The van der Waals surface area contributed by atoms with Gasteiger partial charge in [-0.3, -0.25) is 14.4 Å². The molecule has 0 bridgehead atoms. The van der Waals surface area contributed by atoms with Gasteiger partial charge in [0, 0.05) is 58.3 Å². The zero-order valence-electron chi connectivity index (χ0n) is 25.7. The van der Waals surface area contributed by atoms with Crippen LogP contribution in [0.3, 0.4) is 0 Å². The number of anilines is 3. The van der Waals surface area contributed by atoms with E-state index in [0.29, 0.717) is 46.5 Å². The monoisotopic (exact) mass is 632 g/mol. The summed E-state index contributed by atoms with van der Waals surface area (Å²) in [6, 6.07) is 5.01. The Labute approximate surface area is 267 Å². The lowest BCUT2D eigenvalue weighted by molar-refractivity contribution is -0.125. The quantitative estimate of drug-likeness (QED) is 0.309. The van der Waals surface area contributed by atoms with E-state index in [2.05, 4.69) is 42.4 Å². The molecule has 3 amide bonds. The molecule has 0 saturated heterocycles. The number of dihydropyridines is 1. The van der Waals surface area contributed by atoms with E-state index < -0.39 is 5.91 Å². The van der Waals surface area contributed by atoms with Crippen molar-refractivity contribution in [3.05, 3.63) is 76.3 Å². The molecule has 1 saturated carbocycles. The maximum atomic E-state index is 13.2. The van der Waals surface area contributed by atoms with Crippen LogP contribution in [0.1, 0.15) is 35.3 Å².